The Labute approximate surface area is 140 Å². The minimum Gasteiger partial charge on any atom is -0.367 e. The first-order chi connectivity index (χ1) is 11.3. The molecule has 0 saturated heterocycles. The molecule has 0 spiro atoms. The Bertz CT molecular complexity index is 717. The number of halogens is 5. The molecule has 128 valence electrons. The summed E-state index contributed by atoms with van der Waals surface area (Å²) in [5.74, 6) is -1.32. The quantitative estimate of drug-likeness (QED) is 0.776. The van der Waals surface area contributed by atoms with Gasteiger partial charge in [0.1, 0.15) is 6.61 Å². The first kappa shape index (κ1) is 18.2. The average molecular weight is 362 g/mol. The van der Waals surface area contributed by atoms with Crippen LogP contribution in [0.1, 0.15) is 15.9 Å². The van der Waals surface area contributed by atoms with Crippen molar-refractivity contribution in [2.24, 2.45) is 0 Å². The van der Waals surface area contributed by atoms with Crippen LogP contribution < -0.4 is 5.32 Å². The van der Waals surface area contributed by atoms with E-state index in [9.17, 15) is 22.4 Å². The molecule has 0 aliphatic rings. The summed E-state index contributed by atoms with van der Waals surface area (Å²) < 4.78 is 54.2. The Morgan fingerprint density at radius 2 is 1.79 bits per heavy atom. The van der Waals surface area contributed by atoms with Gasteiger partial charge in [0.05, 0.1) is 17.3 Å². The van der Waals surface area contributed by atoms with Crippen molar-refractivity contribution in [2.75, 3.05) is 11.9 Å². The number of hydrogen-bond donors (Lipinski definition) is 1. The molecule has 0 saturated carbocycles. The molecule has 0 fully saturated rings. The second-order valence-corrected chi connectivity index (χ2v) is 5.27. The van der Waals surface area contributed by atoms with Crippen molar-refractivity contribution in [1.82, 2.24) is 0 Å². The number of hydrogen-bond acceptors (Lipinski definition) is 2. The summed E-state index contributed by atoms with van der Waals surface area (Å²) in [6, 6.07) is 9.93. The first-order valence-corrected chi connectivity index (χ1v) is 7.13. The van der Waals surface area contributed by atoms with Crippen molar-refractivity contribution in [3.8, 4) is 0 Å². The number of alkyl halides is 3. The third kappa shape index (κ3) is 5.21. The van der Waals surface area contributed by atoms with Gasteiger partial charge in [0, 0.05) is 5.56 Å². The van der Waals surface area contributed by atoms with Gasteiger partial charge in [-0.2, -0.15) is 13.2 Å². The number of nitrogens with one attached hydrogen (secondary N) is 1. The van der Waals surface area contributed by atoms with Crippen LogP contribution in [0.5, 0.6) is 0 Å². The van der Waals surface area contributed by atoms with Gasteiger partial charge in [-0.05, 0) is 29.8 Å². The molecule has 0 radical (unpaired) electrons. The monoisotopic (exact) mass is 361 g/mol. The zero-order valence-corrected chi connectivity index (χ0v) is 12.9. The molecule has 0 aliphatic heterocycles. The zero-order chi connectivity index (χ0) is 17.7. The number of ether oxygens (including phenoxy) is 1. The fraction of sp³-hybridized carbons (Fsp3) is 0.188. The molecule has 8 heteroatoms. The summed E-state index contributed by atoms with van der Waals surface area (Å²) in [6.07, 6.45) is -4.39. The molecule has 2 aromatic rings. The highest BCUT2D eigenvalue weighted by Gasteiger charge is 2.27. The van der Waals surface area contributed by atoms with Crippen molar-refractivity contribution in [1.29, 1.82) is 0 Å². The van der Waals surface area contributed by atoms with Crippen molar-refractivity contribution < 1.29 is 27.1 Å². The van der Waals surface area contributed by atoms with Crippen molar-refractivity contribution >= 4 is 23.2 Å². The van der Waals surface area contributed by atoms with Gasteiger partial charge in [0.15, 0.2) is 5.82 Å². The van der Waals surface area contributed by atoms with Crippen LogP contribution in [-0.4, -0.2) is 18.7 Å². The van der Waals surface area contributed by atoms with E-state index in [1.807, 2.05) is 0 Å². The molecule has 0 atom stereocenters. The third-order valence-electron chi connectivity index (χ3n) is 2.95. The van der Waals surface area contributed by atoms with Crippen LogP contribution in [0.3, 0.4) is 0 Å². The lowest BCUT2D eigenvalue weighted by Gasteiger charge is -2.09. The SMILES string of the molecule is O=C(Nc1cccc(Cl)c1F)c1ccc(COCC(F)(F)F)cc1. The molecule has 2 aromatic carbocycles. The van der Waals surface area contributed by atoms with Crippen LogP contribution in [0.4, 0.5) is 23.2 Å². The maximum absolute atomic E-state index is 13.7. The molecule has 3 nitrogen and oxygen atoms in total. The van der Waals surface area contributed by atoms with E-state index in [-0.39, 0.29) is 22.9 Å². The lowest BCUT2D eigenvalue weighted by molar-refractivity contribution is -0.176. The topological polar surface area (TPSA) is 38.3 Å². The van der Waals surface area contributed by atoms with Crippen molar-refractivity contribution in [2.45, 2.75) is 12.8 Å². The molecule has 1 N–H and O–H groups in total. The highest BCUT2D eigenvalue weighted by Crippen LogP contribution is 2.22. The lowest BCUT2D eigenvalue weighted by Crippen LogP contribution is -2.16. The van der Waals surface area contributed by atoms with Crippen molar-refractivity contribution in [3.05, 3.63) is 64.4 Å². The van der Waals surface area contributed by atoms with Crippen LogP contribution in [0.15, 0.2) is 42.5 Å². The van der Waals surface area contributed by atoms with Gasteiger partial charge in [0.25, 0.3) is 5.91 Å². The van der Waals surface area contributed by atoms with E-state index in [4.69, 9.17) is 11.6 Å². The van der Waals surface area contributed by atoms with Gasteiger partial charge in [-0.25, -0.2) is 4.39 Å². The molecule has 2 rings (SSSR count). The molecule has 0 heterocycles. The summed E-state index contributed by atoms with van der Waals surface area (Å²) in [6.45, 7) is -1.58. The predicted molar refractivity (Wildman–Crippen MR) is 81.5 cm³/mol. The molecule has 0 unspecified atom stereocenters. The van der Waals surface area contributed by atoms with E-state index < -0.39 is 24.5 Å². The maximum Gasteiger partial charge on any atom is 0.411 e. The van der Waals surface area contributed by atoms with E-state index in [1.54, 1.807) is 0 Å². The van der Waals surface area contributed by atoms with Gasteiger partial charge >= 0.3 is 6.18 Å². The number of benzene rings is 2. The van der Waals surface area contributed by atoms with Crippen LogP contribution in [0.2, 0.25) is 5.02 Å². The second-order valence-electron chi connectivity index (χ2n) is 4.86. The minimum atomic E-state index is -4.39. The van der Waals surface area contributed by atoms with E-state index in [1.165, 1.54) is 42.5 Å². The van der Waals surface area contributed by atoms with E-state index in [0.29, 0.717) is 5.56 Å². The van der Waals surface area contributed by atoms with Crippen LogP contribution in [0.25, 0.3) is 0 Å². The molecular formula is C16H12ClF4NO2. The second kappa shape index (κ2) is 7.63. The highest BCUT2D eigenvalue weighted by molar-refractivity contribution is 6.31. The Balaban J connectivity index is 1.97. The van der Waals surface area contributed by atoms with Crippen molar-refractivity contribution in [3.63, 3.8) is 0 Å². The molecule has 1 amide bonds. The van der Waals surface area contributed by atoms with Crippen LogP contribution in [-0.2, 0) is 11.3 Å². The first-order valence-electron chi connectivity index (χ1n) is 6.75. The Morgan fingerprint density at radius 3 is 2.42 bits per heavy atom. The van der Waals surface area contributed by atoms with Gasteiger partial charge in [-0.3, -0.25) is 4.79 Å². The average Bonchev–Trinajstić information content (AvgIpc) is 2.51. The van der Waals surface area contributed by atoms with Crippen LogP contribution >= 0.6 is 11.6 Å². The number of carbonyl (C=O) groups is 1. The molecule has 0 bridgehead atoms. The van der Waals surface area contributed by atoms with E-state index in [0.717, 1.165) is 0 Å². The smallest absolute Gasteiger partial charge is 0.367 e. The van der Waals surface area contributed by atoms with Gasteiger partial charge < -0.3 is 10.1 Å². The maximum atomic E-state index is 13.7. The number of carbonyl (C=O) groups excluding carboxylic acids is 1. The van der Waals surface area contributed by atoms with Gasteiger partial charge in [0.2, 0.25) is 0 Å². The minimum absolute atomic E-state index is 0.0647. The lowest BCUT2D eigenvalue weighted by atomic mass is 10.1. The number of amides is 1. The number of rotatable bonds is 5. The normalized spacial score (nSPS) is 11.4. The Kier molecular flexibility index (Phi) is 5.80. The van der Waals surface area contributed by atoms with Gasteiger partial charge in [-0.1, -0.05) is 29.8 Å². The standard InChI is InChI=1S/C16H12ClF4NO2/c17-12-2-1-3-13(14(12)18)22-15(23)11-6-4-10(5-7-11)8-24-9-16(19,20)21/h1-7H,8-9H2,(H,22,23). The predicted octanol–water partition coefficient (Wildman–Crippen LogP) is 4.81. The summed E-state index contributed by atoms with van der Waals surface area (Å²) in [4.78, 5) is 12.0. The van der Waals surface area contributed by atoms with Crippen LogP contribution in [0, 0.1) is 5.82 Å². The Morgan fingerprint density at radius 1 is 1.12 bits per heavy atom. The molecule has 0 aliphatic carbocycles. The zero-order valence-electron chi connectivity index (χ0n) is 12.2. The highest BCUT2D eigenvalue weighted by atomic mass is 35.5. The molecular weight excluding hydrogens is 350 g/mol. The largest absolute Gasteiger partial charge is 0.411 e. The third-order valence-corrected chi connectivity index (χ3v) is 3.24. The van der Waals surface area contributed by atoms with E-state index >= 15 is 0 Å². The number of anilines is 1. The summed E-state index contributed by atoms with van der Waals surface area (Å²) in [7, 11) is 0. The Hall–Kier alpha value is -2.12. The molecule has 0 aromatic heterocycles. The van der Waals surface area contributed by atoms with E-state index in [2.05, 4.69) is 10.1 Å². The summed E-state index contributed by atoms with van der Waals surface area (Å²) >= 11 is 5.62. The summed E-state index contributed by atoms with van der Waals surface area (Å²) in [5, 5.41) is 2.25. The van der Waals surface area contributed by atoms with Gasteiger partial charge in [-0.15, -0.1) is 0 Å². The summed E-state index contributed by atoms with van der Waals surface area (Å²) in [5.41, 5.74) is 0.628. The fourth-order valence-corrected chi connectivity index (χ4v) is 2.01. The fourth-order valence-electron chi connectivity index (χ4n) is 1.83. The molecule has 24 heavy (non-hydrogen) atoms.